The lowest BCUT2D eigenvalue weighted by Crippen LogP contribution is -2.48. The first-order valence-corrected chi connectivity index (χ1v) is 8.36. The maximum absolute atomic E-state index is 12.4. The fraction of sp³-hybridized carbons (Fsp3) is 0.529. The molecule has 1 aromatic heterocycles. The molecule has 1 aliphatic heterocycles. The van der Waals surface area contributed by atoms with Crippen LogP contribution in [0, 0.1) is 0 Å². The van der Waals surface area contributed by atoms with Gasteiger partial charge in [-0.05, 0) is 43.9 Å². The van der Waals surface area contributed by atoms with Crippen molar-refractivity contribution < 1.29 is 9.53 Å². The number of nitrogens with one attached hydrogen (secondary N) is 2. The van der Waals surface area contributed by atoms with E-state index in [4.69, 9.17) is 10.5 Å². The quantitative estimate of drug-likeness (QED) is 0.812. The van der Waals surface area contributed by atoms with Gasteiger partial charge in [0.1, 0.15) is 11.9 Å². The highest BCUT2D eigenvalue weighted by Gasteiger charge is 2.37. The Bertz CT molecular complexity index is 727. The zero-order valence-corrected chi connectivity index (χ0v) is 13.1. The van der Waals surface area contributed by atoms with E-state index in [-0.39, 0.29) is 12.0 Å². The molecule has 2 aliphatic rings. The summed E-state index contributed by atoms with van der Waals surface area (Å²) in [6.07, 6.45) is 5.69. The molecular weight excluding hydrogens is 292 g/mol. The third-order valence-corrected chi connectivity index (χ3v) is 4.94. The van der Waals surface area contributed by atoms with Crippen molar-refractivity contribution in [1.82, 2.24) is 9.97 Å². The van der Waals surface area contributed by atoms with Crippen molar-refractivity contribution in [2.75, 3.05) is 11.9 Å². The van der Waals surface area contributed by atoms with E-state index in [1.165, 1.54) is 0 Å². The van der Waals surface area contributed by atoms with Crippen LogP contribution >= 0.6 is 0 Å². The number of nitrogens with zero attached hydrogens (tertiary/aromatic N) is 1. The Hall–Kier alpha value is -1.92. The average Bonchev–Trinajstić information content (AvgIpc) is 3.27. The van der Waals surface area contributed by atoms with E-state index in [2.05, 4.69) is 15.3 Å². The maximum atomic E-state index is 12.4. The van der Waals surface area contributed by atoms with E-state index in [1.54, 1.807) is 0 Å². The molecule has 1 saturated carbocycles. The summed E-state index contributed by atoms with van der Waals surface area (Å²) in [7, 11) is 0. The molecule has 1 saturated heterocycles. The van der Waals surface area contributed by atoms with Gasteiger partial charge in [0.2, 0.25) is 5.91 Å². The summed E-state index contributed by atoms with van der Waals surface area (Å²) in [6.45, 7) is 0.793. The van der Waals surface area contributed by atoms with Gasteiger partial charge in [0.25, 0.3) is 0 Å². The van der Waals surface area contributed by atoms with Crippen LogP contribution in [0.1, 0.15) is 50.5 Å². The molecule has 1 unspecified atom stereocenters. The number of ether oxygens (including phenoxy) is 1. The Balaban J connectivity index is 1.55. The van der Waals surface area contributed by atoms with Crippen molar-refractivity contribution in [1.29, 1.82) is 0 Å². The largest absolute Gasteiger partial charge is 0.370 e. The fourth-order valence-electron chi connectivity index (χ4n) is 3.54. The van der Waals surface area contributed by atoms with Crippen LogP contribution in [0.5, 0.6) is 0 Å². The number of benzene rings is 1. The van der Waals surface area contributed by atoms with Crippen LogP contribution in [0.15, 0.2) is 18.2 Å². The highest BCUT2D eigenvalue weighted by atomic mass is 16.5. The maximum Gasteiger partial charge on any atom is 0.244 e. The van der Waals surface area contributed by atoms with Gasteiger partial charge < -0.3 is 20.8 Å². The normalized spacial score (nSPS) is 23.4. The smallest absolute Gasteiger partial charge is 0.244 e. The second kappa shape index (κ2) is 5.62. The summed E-state index contributed by atoms with van der Waals surface area (Å²) in [6, 6.07) is 5.70. The van der Waals surface area contributed by atoms with E-state index in [9.17, 15) is 4.79 Å². The zero-order valence-electron chi connectivity index (χ0n) is 13.1. The van der Waals surface area contributed by atoms with Crippen LogP contribution in [0.2, 0.25) is 0 Å². The second-order valence-corrected chi connectivity index (χ2v) is 6.67. The van der Waals surface area contributed by atoms with Crippen molar-refractivity contribution >= 4 is 22.6 Å². The highest BCUT2D eigenvalue weighted by Crippen LogP contribution is 2.30. The summed E-state index contributed by atoms with van der Waals surface area (Å²) in [4.78, 5) is 20.3. The van der Waals surface area contributed by atoms with Gasteiger partial charge in [-0.25, -0.2) is 4.98 Å². The topological polar surface area (TPSA) is 93.0 Å². The summed E-state index contributed by atoms with van der Waals surface area (Å²) < 4.78 is 5.66. The standard InChI is InChI=1S/C17H22N4O2/c18-17(7-1-2-8-17)16(22)19-11-5-6-12-13(10-11)21-15(20-12)14-4-3-9-23-14/h5-6,10,14H,1-4,7-9,18H2,(H,19,22)(H,20,21). The van der Waals surface area contributed by atoms with Gasteiger partial charge in [-0.2, -0.15) is 0 Å². The lowest BCUT2D eigenvalue weighted by molar-refractivity contribution is -0.121. The number of hydrogen-bond acceptors (Lipinski definition) is 4. The van der Waals surface area contributed by atoms with E-state index in [0.29, 0.717) is 0 Å². The van der Waals surface area contributed by atoms with Gasteiger partial charge in [0.05, 0.1) is 16.6 Å². The van der Waals surface area contributed by atoms with Crippen molar-refractivity contribution in [3.63, 3.8) is 0 Å². The number of carbonyl (C=O) groups excluding carboxylic acids is 1. The number of aromatic amines is 1. The van der Waals surface area contributed by atoms with Crippen molar-refractivity contribution in [3.05, 3.63) is 24.0 Å². The SMILES string of the molecule is NC1(C(=O)Nc2ccc3nc(C4CCCO4)[nH]c3c2)CCCC1. The molecule has 0 bridgehead atoms. The average molecular weight is 314 g/mol. The molecule has 4 rings (SSSR count). The van der Waals surface area contributed by atoms with Gasteiger partial charge in [-0.15, -0.1) is 0 Å². The Morgan fingerprint density at radius 3 is 2.91 bits per heavy atom. The number of amides is 1. The number of aromatic nitrogens is 2. The molecule has 2 fully saturated rings. The molecule has 6 nitrogen and oxygen atoms in total. The minimum absolute atomic E-state index is 0.0613. The van der Waals surface area contributed by atoms with E-state index < -0.39 is 5.54 Å². The summed E-state index contributed by atoms with van der Waals surface area (Å²) in [5.41, 5.74) is 8.03. The first-order chi connectivity index (χ1) is 11.1. The van der Waals surface area contributed by atoms with Crippen LogP contribution in [0.25, 0.3) is 11.0 Å². The molecule has 1 amide bonds. The van der Waals surface area contributed by atoms with Gasteiger partial charge >= 0.3 is 0 Å². The lowest BCUT2D eigenvalue weighted by atomic mass is 9.98. The minimum Gasteiger partial charge on any atom is -0.370 e. The highest BCUT2D eigenvalue weighted by molar-refractivity contribution is 5.99. The second-order valence-electron chi connectivity index (χ2n) is 6.67. The molecule has 0 radical (unpaired) electrons. The van der Waals surface area contributed by atoms with Crippen LogP contribution in [-0.2, 0) is 9.53 Å². The number of anilines is 1. The third kappa shape index (κ3) is 2.72. The molecule has 2 heterocycles. The van der Waals surface area contributed by atoms with Crippen LogP contribution in [0.3, 0.4) is 0 Å². The number of imidazole rings is 1. The molecule has 23 heavy (non-hydrogen) atoms. The predicted octanol–water partition coefficient (Wildman–Crippen LogP) is 2.62. The third-order valence-electron chi connectivity index (χ3n) is 4.94. The Morgan fingerprint density at radius 1 is 1.35 bits per heavy atom. The van der Waals surface area contributed by atoms with Crippen LogP contribution in [0.4, 0.5) is 5.69 Å². The molecule has 1 aromatic carbocycles. The van der Waals surface area contributed by atoms with Gasteiger partial charge in [-0.1, -0.05) is 12.8 Å². The zero-order chi connectivity index (χ0) is 15.9. The van der Waals surface area contributed by atoms with E-state index in [1.807, 2.05) is 18.2 Å². The van der Waals surface area contributed by atoms with Crippen LogP contribution < -0.4 is 11.1 Å². The van der Waals surface area contributed by atoms with Crippen molar-refractivity contribution in [2.24, 2.45) is 5.73 Å². The Morgan fingerprint density at radius 2 is 2.17 bits per heavy atom. The van der Waals surface area contributed by atoms with Gasteiger partial charge in [0, 0.05) is 12.3 Å². The molecule has 6 heteroatoms. The summed E-state index contributed by atoms with van der Waals surface area (Å²) in [5, 5.41) is 2.95. The minimum atomic E-state index is -0.716. The Labute approximate surface area is 134 Å². The number of carbonyl (C=O) groups is 1. The number of H-pyrrole nitrogens is 1. The molecule has 1 atom stereocenters. The first-order valence-electron chi connectivity index (χ1n) is 8.36. The Kier molecular flexibility index (Phi) is 3.58. The monoisotopic (exact) mass is 314 g/mol. The summed E-state index contributed by atoms with van der Waals surface area (Å²) >= 11 is 0. The molecular formula is C17H22N4O2. The number of rotatable bonds is 3. The van der Waals surface area contributed by atoms with Gasteiger partial charge in [-0.3, -0.25) is 4.79 Å². The molecule has 0 spiro atoms. The summed E-state index contributed by atoms with van der Waals surface area (Å²) in [5.74, 6) is 0.778. The first kappa shape index (κ1) is 14.7. The van der Waals surface area contributed by atoms with Crippen LogP contribution in [-0.4, -0.2) is 28.0 Å². The number of hydrogen-bond donors (Lipinski definition) is 3. The molecule has 2 aromatic rings. The lowest BCUT2D eigenvalue weighted by Gasteiger charge is -2.22. The predicted molar refractivity (Wildman–Crippen MR) is 88.0 cm³/mol. The molecule has 1 aliphatic carbocycles. The van der Waals surface area contributed by atoms with Crippen molar-refractivity contribution in [3.8, 4) is 0 Å². The number of fused-ring (bicyclic) bond motifs is 1. The van der Waals surface area contributed by atoms with E-state index >= 15 is 0 Å². The molecule has 4 N–H and O–H groups in total. The molecule has 122 valence electrons. The van der Waals surface area contributed by atoms with Gasteiger partial charge in [0.15, 0.2) is 0 Å². The fourth-order valence-corrected chi connectivity index (χ4v) is 3.54. The number of nitrogens with two attached hydrogens (primary N) is 1. The van der Waals surface area contributed by atoms with E-state index in [0.717, 1.165) is 67.7 Å². The van der Waals surface area contributed by atoms with Crippen molar-refractivity contribution in [2.45, 2.75) is 50.2 Å².